The highest BCUT2D eigenvalue weighted by Crippen LogP contribution is 2.28. The van der Waals surface area contributed by atoms with Crippen molar-refractivity contribution in [1.29, 1.82) is 0 Å². The van der Waals surface area contributed by atoms with E-state index < -0.39 is 0 Å². The first-order valence-corrected chi connectivity index (χ1v) is 8.26. The van der Waals surface area contributed by atoms with Crippen molar-refractivity contribution < 1.29 is 4.74 Å². The van der Waals surface area contributed by atoms with Crippen LogP contribution in [0.4, 0.5) is 17.3 Å². The van der Waals surface area contributed by atoms with Crippen molar-refractivity contribution in [1.82, 2.24) is 9.97 Å². The van der Waals surface area contributed by atoms with E-state index in [1.165, 1.54) is 5.39 Å². The number of nitrogens with zero attached hydrogens (tertiary/aromatic N) is 2. The van der Waals surface area contributed by atoms with Gasteiger partial charge in [0.2, 0.25) is 5.95 Å². The molecule has 0 aliphatic carbocycles. The van der Waals surface area contributed by atoms with Crippen molar-refractivity contribution in [3.8, 4) is 17.0 Å². The number of hydrogen-bond acceptors (Lipinski definition) is 5. The van der Waals surface area contributed by atoms with E-state index in [1.807, 2.05) is 42.5 Å². The van der Waals surface area contributed by atoms with Gasteiger partial charge >= 0.3 is 0 Å². The summed E-state index contributed by atoms with van der Waals surface area (Å²) in [6, 6.07) is 21.9. The maximum absolute atomic E-state index is 6.00. The van der Waals surface area contributed by atoms with E-state index in [0.717, 1.165) is 22.3 Å². The SMILES string of the molecule is COc1ccc(-c2ccnc(Nc3ccc4ccccc4c3)n2)cc1N. The molecule has 0 aliphatic heterocycles. The lowest BCUT2D eigenvalue weighted by atomic mass is 10.1. The topological polar surface area (TPSA) is 73.1 Å². The van der Waals surface area contributed by atoms with Crippen LogP contribution in [0.5, 0.6) is 5.75 Å². The van der Waals surface area contributed by atoms with Crippen molar-refractivity contribution in [2.45, 2.75) is 0 Å². The Labute approximate surface area is 151 Å². The van der Waals surface area contributed by atoms with Crippen molar-refractivity contribution in [2.75, 3.05) is 18.2 Å². The third-order valence-corrected chi connectivity index (χ3v) is 4.19. The molecule has 128 valence electrons. The van der Waals surface area contributed by atoms with Gasteiger partial charge in [-0.2, -0.15) is 0 Å². The Morgan fingerprint density at radius 3 is 2.58 bits per heavy atom. The van der Waals surface area contributed by atoms with Crippen LogP contribution in [0.2, 0.25) is 0 Å². The molecular formula is C21H18N4O. The number of anilines is 3. The molecule has 0 radical (unpaired) electrons. The molecule has 1 aromatic heterocycles. The third-order valence-electron chi connectivity index (χ3n) is 4.19. The molecule has 5 heteroatoms. The maximum Gasteiger partial charge on any atom is 0.227 e. The van der Waals surface area contributed by atoms with Gasteiger partial charge in [0.1, 0.15) is 5.75 Å². The highest BCUT2D eigenvalue weighted by molar-refractivity contribution is 5.86. The average molecular weight is 342 g/mol. The Morgan fingerprint density at radius 2 is 1.77 bits per heavy atom. The smallest absolute Gasteiger partial charge is 0.227 e. The Bertz CT molecular complexity index is 1080. The zero-order valence-electron chi connectivity index (χ0n) is 14.3. The van der Waals surface area contributed by atoms with Gasteiger partial charge in [0, 0.05) is 17.4 Å². The first-order chi connectivity index (χ1) is 12.7. The van der Waals surface area contributed by atoms with Crippen LogP contribution in [-0.4, -0.2) is 17.1 Å². The summed E-state index contributed by atoms with van der Waals surface area (Å²) >= 11 is 0. The molecule has 0 unspecified atom stereocenters. The first-order valence-electron chi connectivity index (χ1n) is 8.26. The molecule has 0 aliphatic rings. The van der Waals surface area contributed by atoms with Gasteiger partial charge in [-0.25, -0.2) is 9.97 Å². The second-order valence-corrected chi connectivity index (χ2v) is 5.91. The summed E-state index contributed by atoms with van der Waals surface area (Å²) in [6.07, 6.45) is 1.73. The summed E-state index contributed by atoms with van der Waals surface area (Å²) < 4.78 is 5.20. The number of ether oxygens (including phenoxy) is 1. The quantitative estimate of drug-likeness (QED) is 0.529. The first kappa shape index (κ1) is 15.9. The Morgan fingerprint density at radius 1 is 0.923 bits per heavy atom. The molecule has 26 heavy (non-hydrogen) atoms. The highest BCUT2D eigenvalue weighted by atomic mass is 16.5. The number of nitrogens with two attached hydrogens (primary N) is 1. The van der Waals surface area contributed by atoms with E-state index in [9.17, 15) is 0 Å². The van der Waals surface area contributed by atoms with Crippen molar-refractivity contribution in [3.05, 3.63) is 72.9 Å². The number of rotatable bonds is 4. The van der Waals surface area contributed by atoms with Crippen LogP contribution in [-0.2, 0) is 0 Å². The van der Waals surface area contributed by atoms with Crippen LogP contribution in [0, 0.1) is 0 Å². The largest absolute Gasteiger partial charge is 0.495 e. The summed E-state index contributed by atoms with van der Waals surface area (Å²) in [5, 5.41) is 5.62. The number of methoxy groups -OCH3 is 1. The highest BCUT2D eigenvalue weighted by Gasteiger charge is 2.06. The van der Waals surface area contributed by atoms with Gasteiger partial charge in [-0.1, -0.05) is 30.3 Å². The fourth-order valence-electron chi connectivity index (χ4n) is 2.87. The predicted molar refractivity (Wildman–Crippen MR) is 106 cm³/mol. The lowest BCUT2D eigenvalue weighted by molar-refractivity contribution is 0.417. The summed E-state index contributed by atoms with van der Waals surface area (Å²) in [5.74, 6) is 1.18. The summed E-state index contributed by atoms with van der Waals surface area (Å²) in [5.41, 5.74) is 9.22. The zero-order valence-corrected chi connectivity index (χ0v) is 14.3. The van der Waals surface area contributed by atoms with E-state index >= 15 is 0 Å². The van der Waals surface area contributed by atoms with E-state index in [2.05, 4.69) is 39.6 Å². The van der Waals surface area contributed by atoms with E-state index in [-0.39, 0.29) is 0 Å². The average Bonchev–Trinajstić information content (AvgIpc) is 2.68. The molecule has 0 saturated heterocycles. The van der Waals surface area contributed by atoms with Gasteiger partial charge < -0.3 is 15.8 Å². The van der Waals surface area contributed by atoms with Crippen LogP contribution >= 0.6 is 0 Å². The van der Waals surface area contributed by atoms with Gasteiger partial charge in [0.15, 0.2) is 0 Å². The molecule has 0 atom stereocenters. The van der Waals surface area contributed by atoms with Crippen LogP contribution in [0.15, 0.2) is 72.9 Å². The van der Waals surface area contributed by atoms with Gasteiger partial charge in [-0.15, -0.1) is 0 Å². The van der Waals surface area contributed by atoms with Gasteiger partial charge in [0.05, 0.1) is 18.5 Å². The van der Waals surface area contributed by atoms with E-state index in [4.69, 9.17) is 10.5 Å². The minimum absolute atomic E-state index is 0.534. The summed E-state index contributed by atoms with van der Waals surface area (Å²) in [4.78, 5) is 8.91. The molecular weight excluding hydrogens is 324 g/mol. The van der Waals surface area contributed by atoms with Crippen molar-refractivity contribution >= 4 is 28.1 Å². The normalized spacial score (nSPS) is 10.7. The van der Waals surface area contributed by atoms with Crippen molar-refractivity contribution in [2.24, 2.45) is 0 Å². The molecule has 4 aromatic rings. The molecule has 0 fully saturated rings. The Kier molecular flexibility index (Phi) is 4.11. The number of aromatic nitrogens is 2. The fourth-order valence-corrected chi connectivity index (χ4v) is 2.87. The molecule has 5 nitrogen and oxygen atoms in total. The Hall–Kier alpha value is -3.60. The molecule has 0 amide bonds. The predicted octanol–water partition coefficient (Wildman–Crippen LogP) is 4.63. The zero-order chi connectivity index (χ0) is 17.9. The standard InChI is InChI=1S/C21H18N4O/c1-26-20-9-7-16(13-18(20)22)19-10-11-23-21(25-19)24-17-8-6-14-4-2-3-5-15(14)12-17/h2-13H,22H2,1H3,(H,23,24,25). The maximum atomic E-state index is 6.00. The van der Waals surface area contributed by atoms with Crippen molar-refractivity contribution in [3.63, 3.8) is 0 Å². The molecule has 4 rings (SSSR count). The molecule has 0 bridgehead atoms. The number of nitrogen functional groups attached to an aromatic ring is 1. The minimum atomic E-state index is 0.534. The Balaban J connectivity index is 1.63. The minimum Gasteiger partial charge on any atom is -0.495 e. The summed E-state index contributed by atoms with van der Waals surface area (Å²) in [7, 11) is 1.60. The molecule has 0 saturated carbocycles. The second kappa shape index (κ2) is 6.72. The van der Waals surface area contributed by atoms with E-state index in [0.29, 0.717) is 17.4 Å². The number of hydrogen-bond donors (Lipinski definition) is 2. The number of nitrogens with one attached hydrogen (secondary N) is 1. The number of fused-ring (bicyclic) bond motifs is 1. The van der Waals surface area contributed by atoms with Crippen LogP contribution in [0.25, 0.3) is 22.0 Å². The molecule has 3 aromatic carbocycles. The molecule has 3 N–H and O–H groups in total. The molecule has 0 spiro atoms. The second-order valence-electron chi connectivity index (χ2n) is 5.91. The van der Waals surface area contributed by atoms with Crippen LogP contribution < -0.4 is 15.8 Å². The lowest BCUT2D eigenvalue weighted by Crippen LogP contribution is -1.98. The van der Waals surface area contributed by atoms with E-state index in [1.54, 1.807) is 13.3 Å². The third kappa shape index (κ3) is 3.15. The van der Waals surface area contributed by atoms with Gasteiger partial charge in [-0.05, 0) is 47.2 Å². The fraction of sp³-hybridized carbons (Fsp3) is 0.0476. The monoisotopic (exact) mass is 342 g/mol. The van der Waals surface area contributed by atoms with Crippen LogP contribution in [0.1, 0.15) is 0 Å². The van der Waals surface area contributed by atoms with Crippen LogP contribution in [0.3, 0.4) is 0 Å². The molecule has 1 heterocycles. The van der Waals surface area contributed by atoms with Gasteiger partial charge in [0.25, 0.3) is 0 Å². The number of benzene rings is 3. The van der Waals surface area contributed by atoms with Gasteiger partial charge in [-0.3, -0.25) is 0 Å². The lowest BCUT2D eigenvalue weighted by Gasteiger charge is -2.09. The summed E-state index contributed by atoms with van der Waals surface area (Å²) in [6.45, 7) is 0.